The first-order chi connectivity index (χ1) is 14.5. The van der Waals surface area contributed by atoms with Crippen LogP contribution in [0.3, 0.4) is 0 Å². The number of benzene rings is 1. The molecular formula is C22H18N4O4. The van der Waals surface area contributed by atoms with Crippen LogP contribution < -0.4 is 10.6 Å². The van der Waals surface area contributed by atoms with E-state index in [4.69, 9.17) is 10.5 Å². The number of nitrogen functional groups attached to an aromatic ring is 1. The van der Waals surface area contributed by atoms with E-state index in [1.807, 2.05) is 18.2 Å². The van der Waals surface area contributed by atoms with Gasteiger partial charge in [0.25, 0.3) is 0 Å². The standard InChI is InChI=1S/C22H18N4O4/c1-2-30-22(29)19-17(24)13(10-23)18-12-8-9-14(26(18)19)16-15(12)20(27)25(21(16)28)11-6-4-3-5-7-11/h3-9,12,14-16H,2,24H2,1H3/t12-,14-,15+,16+/m0/s1. The highest BCUT2D eigenvalue weighted by molar-refractivity contribution is 6.23. The third-order valence-electron chi connectivity index (χ3n) is 6.16. The highest BCUT2D eigenvalue weighted by Gasteiger charge is 2.60. The lowest BCUT2D eigenvalue weighted by molar-refractivity contribution is -0.122. The van der Waals surface area contributed by atoms with E-state index < -0.39 is 29.8 Å². The lowest BCUT2D eigenvalue weighted by atomic mass is 9.69. The molecule has 1 aromatic carbocycles. The largest absolute Gasteiger partial charge is 0.461 e. The van der Waals surface area contributed by atoms with Gasteiger partial charge in [0, 0.05) is 11.6 Å². The first kappa shape index (κ1) is 18.2. The number of aromatic nitrogens is 1. The van der Waals surface area contributed by atoms with Crippen molar-refractivity contribution in [3.63, 3.8) is 0 Å². The maximum absolute atomic E-state index is 13.4. The van der Waals surface area contributed by atoms with Gasteiger partial charge in [0.15, 0.2) is 5.69 Å². The van der Waals surface area contributed by atoms with E-state index in [1.165, 1.54) is 4.90 Å². The summed E-state index contributed by atoms with van der Waals surface area (Å²) in [6.07, 6.45) is 3.66. The molecule has 4 heterocycles. The van der Waals surface area contributed by atoms with Crippen LogP contribution in [-0.4, -0.2) is 29.0 Å². The Morgan fingerprint density at radius 3 is 2.53 bits per heavy atom. The molecule has 8 heteroatoms. The van der Waals surface area contributed by atoms with Crippen molar-refractivity contribution in [2.75, 3.05) is 17.2 Å². The van der Waals surface area contributed by atoms with Crippen molar-refractivity contribution in [2.24, 2.45) is 11.8 Å². The molecule has 8 nitrogen and oxygen atoms in total. The molecule has 2 aromatic rings. The third kappa shape index (κ3) is 2.12. The van der Waals surface area contributed by atoms with E-state index in [9.17, 15) is 19.6 Å². The van der Waals surface area contributed by atoms with Crippen LogP contribution in [0.25, 0.3) is 0 Å². The van der Waals surface area contributed by atoms with E-state index in [0.717, 1.165) is 0 Å². The Hall–Kier alpha value is -3.86. The summed E-state index contributed by atoms with van der Waals surface area (Å²) in [7, 11) is 0. The van der Waals surface area contributed by atoms with Crippen LogP contribution in [0.5, 0.6) is 0 Å². The Labute approximate surface area is 172 Å². The number of para-hydroxylation sites is 1. The molecule has 4 aliphatic rings. The minimum absolute atomic E-state index is 0.0319. The molecule has 0 spiro atoms. The van der Waals surface area contributed by atoms with Crippen molar-refractivity contribution >= 4 is 29.2 Å². The number of imide groups is 1. The van der Waals surface area contributed by atoms with Crippen molar-refractivity contribution in [1.82, 2.24) is 4.57 Å². The van der Waals surface area contributed by atoms with Gasteiger partial charge in [-0.25, -0.2) is 9.69 Å². The molecule has 0 unspecified atom stereocenters. The summed E-state index contributed by atoms with van der Waals surface area (Å²) < 4.78 is 6.79. The molecule has 4 atom stereocenters. The Bertz CT molecular complexity index is 1170. The molecule has 0 saturated carbocycles. The average Bonchev–Trinajstić information content (AvgIpc) is 3.21. The van der Waals surface area contributed by atoms with Gasteiger partial charge < -0.3 is 15.0 Å². The lowest BCUT2D eigenvalue weighted by Crippen LogP contribution is -2.42. The van der Waals surface area contributed by atoms with E-state index in [0.29, 0.717) is 11.4 Å². The van der Waals surface area contributed by atoms with Gasteiger partial charge in [-0.15, -0.1) is 0 Å². The predicted octanol–water partition coefficient (Wildman–Crippen LogP) is 2.13. The van der Waals surface area contributed by atoms with Gasteiger partial charge in [0.1, 0.15) is 6.07 Å². The summed E-state index contributed by atoms with van der Waals surface area (Å²) in [6.45, 7) is 1.83. The number of nitrogens with two attached hydrogens (primary N) is 1. The first-order valence-electron chi connectivity index (χ1n) is 9.73. The van der Waals surface area contributed by atoms with Crippen molar-refractivity contribution in [2.45, 2.75) is 18.9 Å². The molecule has 2 bridgehead atoms. The Kier molecular flexibility index (Phi) is 3.83. The van der Waals surface area contributed by atoms with Crippen molar-refractivity contribution in [3.8, 4) is 6.07 Å². The van der Waals surface area contributed by atoms with Gasteiger partial charge in [-0.2, -0.15) is 5.26 Å². The molecule has 1 aliphatic carbocycles. The lowest BCUT2D eigenvalue weighted by Gasteiger charge is -2.41. The summed E-state index contributed by atoms with van der Waals surface area (Å²) in [5, 5.41) is 9.73. The Morgan fingerprint density at radius 1 is 1.17 bits per heavy atom. The molecule has 6 rings (SSSR count). The van der Waals surface area contributed by atoms with Crippen LogP contribution in [0, 0.1) is 23.2 Å². The van der Waals surface area contributed by atoms with Crippen molar-refractivity contribution in [3.05, 3.63) is 59.4 Å². The normalized spacial score (nSPS) is 25.8. The zero-order chi connectivity index (χ0) is 21.2. The minimum Gasteiger partial charge on any atom is -0.461 e. The molecule has 0 radical (unpaired) electrons. The second-order valence-corrected chi connectivity index (χ2v) is 7.53. The van der Waals surface area contributed by atoms with Crippen LogP contribution in [-0.2, 0) is 14.3 Å². The maximum Gasteiger partial charge on any atom is 0.357 e. The van der Waals surface area contributed by atoms with Gasteiger partial charge in [0.2, 0.25) is 11.8 Å². The summed E-state index contributed by atoms with van der Waals surface area (Å²) in [5.74, 6) is -3.11. The molecule has 1 aromatic heterocycles. The number of rotatable bonds is 3. The van der Waals surface area contributed by atoms with Crippen LogP contribution >= 0.6 is 0 Å². The third-order valence-corrected chi connectivity index (χ3v) is 6.16. The summed E-state index contributed by atoms with van der Waals surface area (Å²) in [6, 6.07) is 10.3. The van der Waals surface area contributed by atoms with Gasteiger partial charge in [0.05, 0.1) is 41.4 Å². The maximum atomic E-state index is 13.4. The fraction of sp³-hybridized carbons (Fsp3) is 0.273. The molecule has 1 saturated heterocycles. The smallest absolute Gasteiger partial charge is 0.357 e. The molecule has 1 fully saturated rings. The van der Waals surface area contributed by atoms with Crippen molar-refractivity contribution < 1.29 is 19.1 Å². The summed E-state index contributed by atoms with van der Waals surface area (Å²) in [5.41, 5.74) is 7.44. The van der Waals surface area contributed by atoms with Gasteiger partial charge in [-0.05, 0) is 19.1 Å². The highest BCUT2D eigenvalue weighted by atomic mass is 16.5. The van der Waals surface area contributed by atoms with Crippen molar-refractivity contribution in [1.29, 1.82) is 5.26 Å². The number of nitrogens with zero attached hydrogens (tertiary/aromatic N) is 3. The predicted molar refractivity (Wildman–Crippen MR) is 106 cm³/mol. The zero-order valence-corrected chi connectivity index (χ0v) is 16.1. The van der Waals surface area contributed by atoms with Crippen LogP contribution in [0.2, 0.25) is 0 Å². The second-order valence-electron chi connectivity index (χ2n) is 7.53. The molecule has 2 amide bonds. The van der Waals surface area contributed by atoms with E-state index >= 15 is 0 Å². The summed E-state index contributed by atoms with van der Waals surface area (Å²) >= 11 is 0. The van der Waals surface area contributed by atoms with Crippen LogP contribution in [0.1, 0.15) is 40.6 Å². The summed E-state index contributed by atoms with van der Waals surface area (Å²) in [4.78, 5) is 40.6. The second kappa shape index (κ2) is 6.32. The first-order valence-corrected chi connectivity index (χ1v) is 9.73. The molecule has 30 heavy (non-hydrogen) atoms. The van der Waals surface area contributed by atoms with E-state index in [2.05, 4.69) is 6.07 Å². The van der Waals surface area contributed by atoms with Gasteiger partial charge >= 0.3 is 5.97 Å². The SMILES string of the molecule is CCOC(=O)c1c(N)c(C#N)c2n1[C@H]1C=C[C@H]2[C@H]2C(=O)N(c3ccccc3)C(=O)[C@@H]21. The topological polar surface area (TPSA) is 118 Å². The molecule has 3 aliphatic heterocycles. The zero-order valence-electron chi connectivity index (χ0n) is 16.1. The molecule has 2 N–H and O–H groups in total. The van der Waals surface area contributed by atoms with E-state index in [1.54, 1.807) is 35.8 Å². The number of allylic oxidation sites excluding steroid dienone is 2. The number of hydrogen-bond acceptors (Lipinski definition) is 6. The fourth-order valence-corrected chi connectivity index (χ4v) is 5.05. The Morgan fingerprint density at radius 2 is 1.87 bits per heavy atom. The number of carbonyl (C=O) groups is 3. The molecule has 150 valence electrons. The number of anilines is 2. The number of carbonyl (C=O) groups excluding carboxylic acids is 3. The number of ether oxygens (including phenoxy) is 1. The van der Waals surface area contributed by atoms with Gasteiger partial charge in [-0.1, -0.05) is 30.4 Å². The Balaban J connectivity index is 1.69. The van der Waals surface area contributed by atoms with E-state index in [-0.39, 0.29) is 35.4 Å². The number of amides is 2. The average molecular weight is 402 g/mol. The quantitative estimate of drug-likeness (QED) is 0.477. The van der Waals surface area contributed by atoms with Gasteiger partial charge in [-0.3, -0.25) is 9.59 Å². The molecular weight excluding hydrogens is 384 g/mol. The number of nitriles is 1. The number of esters is 1. The number of hydrogen-bond donors (Lipinski definition) is 1. The minimum atomic E-state index is -0.674. The van der Waals surface area contributed by atoms with Crippen LogP contribution in [0.4, 0.5) is 11.4 Å². The van der Waals surface area contributed by atoms with Crippen LogP contribution in [0.15, 0.2) is 42.5 Å². The fourth-order valence-electron chi connectivity index (χ4n) is 5.05. The highest BCUT2D eigenvalue weighted by Crippen LogP contribution is 2.56. The monoisotopic (exact) mass is 402 g/mol.